The number of hydrogen-bond donors (Lipinski definition) is 1. The van der Waals surface area contributed by atoms with Gasteiger partial charge in [0.2, 0.25) is 0 Å². The van der Waals surface area contributed by atoms with E-state index in [9.17, 15) is 0 Å². The van der Waals surface area contributed by atoms with E-state index in [4.69, 9.17) is 0 Å². The molecule has 5 aromatic rings. The van der Waals surface area contributed by atoms with Crippen molar-refractivity contribution in [2.45, 2.75) is 4.90 Å². The highest BCUT2D eigenvalue weighted by Gasteiger charge is 2.14. The number of benzene rings is 4. The molecule has 0 aliphatic heterocycles. The predicted molar refractivity (Wildman–Crippen MR) is 102 cm³/mol. The Morgan fingerprint density at radius 3 is 2.48 bits per heavy atom. The molecule has 0 unspecified atom stereocenters. The van der Waals surface area contributed by atoms with Crippen molar-refractivity contribution in [3.63, 3.8) is 0 Å². The second kappa shape index (κ2) is 4.77. The molecule has 110 valence electrons. The van der Waals surface area contributed by atoms with E-state index in [1.54, 1.807) is 11.8 Å². The van der Waals surface area contributed by atoms with Gasteiger partial charge < -0.3 is 4.98 Å². The zero-order valence-electron chi connectivity index (χ0n) is 12.8. The SMILES string of the molecule is CSc1ccccc1-c1ccc2[nH]c3cccc4ccc1c2c43. The second-order valence-electron chi connectivity index (χ2n) is 5.88. The summed E-state index contributed by atoms with van der Waals surface area (Å²) in [5.74, 6) is 0. The summed E-state index contributed by atoms with van der Waals surface area (Å²) in [5, 5.41) is 5.33. The van der Waals surface area contributed by atoms with Crippen molar-refractivity contribution in [3.05, 3.63) is 66.7 Å². The van der Waals surface area contributed by atoms with Crippen molar-refractivity contribution in [2.24, 2.45) is 0 Å². The second-order valence-corrected chi connectivity index (χ2v) is 6.73. The van der Waals surface area contributed by atoms with Crippen molar-refractivity contribution < 1.29 is 0 Å². The molecule has 0 atom stereocenters. The number of rotatable bonds is 2. The lowest BCUT2D eigenvalue weighted by Crippen LogP contribution is -1.85. The summed E-state index contributed by atoms with van der Waals surface area (Å²) in [6.45, 7) is 0. The molecule has 1 heterocycles. The van der Waals surface area contributed by atoms with Gasteiger partial charge in [-0.25, -0.2) is 0 Å². The lowest BCUT2D eigenvalue weighted by molar-refractivity contribution is 1.46. The van der Waals surface area contributed by atoms with Gasteiger partial charge >= 0.3 is 0 Å². The number of aromatic amines is 1. The van der Waals surface area contributed by atoms with Crippen LogP contribution in [0.5, 0.6) is 0 Å². The molecule has 1 N–H and O–H groups in total. The highest BCUT2D eigenvalue weighted by atomic mass is 32.2. The Bertz CT molecular complexity index is 1150. The summed E-state index contributed by atoms with van der Waals surface area (Å²) in [7, 11) is 0. The smallest absolute Gasteiger partial charge is 0.0471 e. The summed E-state index contributed by atoms with van der Waals surface area (Å²) in [6, 6.07) is 24.1. The van der Waals surface area contributed by atoms with Crippen molar-refractivity contribution in [1.82, 2.24) is 4.98 Å². The van der Waals surface area contributed by atoms with Crippen LogP contribution in [-0.4, -0.2) is 11.2 Å². The minimum Gasteiger partial charge on any atom is -0.354 e. The van der Waals surface area contributed by atoms with E-state index in [2.05, 4.69) is 78.0 Å². The lowest BCUT2D eigenvalue weighted by Gasteiger charge is -2.11. The van der Waals surface area contributed by atoms with Gasteiger partial charge in [0.25, 0.3) is 0 Å². The maximum absolute atomic E-state index is 3.56. The molecule has 0 aliphatic rings. The Labute approximate surface area is 138 Å². The Balaban J connectivity index is 1.96. The minimum atomic E-state index is 1.22. The van der Waals surface area contributed by atoms with E-state index in [-0.39, 0.29) is 0 Å². The first-order valence-corrected chi connectivity index (χ1v) is 8.98. The third-order valence-electron chi connectivity index (χ3n) is 4.69. The lowest BCUT2D eigenvalue weighted by atomic mass is 9.95. The first-order valence-electron chi connectivity index (χ1n) is 7.76. The zero-order valence-corrected chi connectivity index (χ0v) is 13.6. The van der Waals surface area contributed by atoms with Gasteiger partial charge in [-0.1, -0.05) is 48.5 Å². The normalized spacial score (nSPS) is 11.9. The fraction of sp³-hybridized carbons (Fsp3) is 0.0476. The number of thioether (sulfide) groups is 1. The van der Waals surface area contributed by atoms with Crippen LogP contribution in [0.15, 0.2) is 71.6 Å². The molecule has 5 rings (SSSR count). The van der Waals surface area contributed by atoms with Crippen LogP contribution in [0.3, 0.4) is 0 Å². The molecule has 4 aromatic carbocycles. The molecule has 23 heavy (non-hydrogen) atoms. The standard InChI is InChI=1S/C21H15NS/c1-23-19-8-3-2-6-15(19)14-11-12-18-21-16(14)10-9-13-5-4-7-17(22-18)20(13)21/h2-12,22H,1H3. The van der Waals surface area contributed by atoms with Gasteiger partial charge in [-0.05, 0) is 46.4 Å². The third-order valence-corrected chi connectivity index (χ3v) is 5.48. The summed E-state index contributed by atoms with van der Waals surface area (Å²) in [4.78, 5) is 4.88. The first-order chi connectivity index (χ1) is 11.4. The van der Waals surface area contributed by atoms with Gasteiger partial charge in [-0.3, -0.25) is 0 Å². The van der Waals surface area contributed by atoms with Gasteiger partial charge in [0, 0.05) is 26.7 Å². The van der Waals surface area contributed by atoms with Gasteiger partial charge in [0.15, 0.2) is 0 Å². The molecular formula is C21H15NS. The fourth-order valence-electron chi connectivity index (χ4n) is 3.68. The molecule has 0 saturated heterocycles. The highest BCUT2D eigenvalue weighted by molar-refractivity contribution is 7.98. The summed E-state index contributed by atoms with van der Waals surface area (Å²) in [6.07, 6.45) is 2.14. The van der Waals surface area contributed by atoms with Crippen LogP contribution in [0.1, 0.15) is 0 Å². The van der Waals surface area contributed by atoms with E-state index in [0.29, 0.717) is 0 Å². The Hall–Kier alpha value is -2.45. The van der Waals surface area contributed by atoms with E-state index < -0.39 is 0 Å². The van der Waals surface area contributed by atoms with Crippen molar-refractivity contribution in [3.8, 4) is 11.1 Å². The molecule has 0 aliphatic carbocycles. The van der Waals surface area contributed by atoms with E-state index in [0.717, 1.165) is 0 Å². The Kier molecular flexibility index (Phi) is 2.70. The zero-order chi connectivity index (χ0) is 15.4. The molecule has 2 heteroatoms. The molecule has 0 spiro atoms. The first kappa shape index (κ1) is 13.0. The highest BCUT2D eigenvalue weighted by Crippen LogP contribution is 2.41. The van der Waals surface area contributed by atoms with Crippen molar-refractivity contribution in [2.75, 3.05) is 6.26 Å². The average Bonchev–Trinajstić information content (AvgIpc) is 2.99. The number of hydrogen-bond acceptors (Lipinski definition) is 1. The summed E-state index contributed by atoms with van der Waals surface area (Å²) in [5.41, 5.74) is 5.07. The van der Waals surface area contributed by atoms with Gasteiger partial charge in [-0.15, -0.1) is 11.8 Å². The number of nitrogens with one attached hydrogen (secondary N) is 1. The van der Waals surface area contributed by atoms with Crippen LogP contribution in [0.25, 0.3) is 43.7 Å². The summed E-state index contributed by atoms with van der Waals surface area (Å²) >= 11 is 1.80. The van der Waals surface area contributed by atoms with E-state index >= 15 is 0 Å². The quantitative estimate of drug-likeness (QED) is 0.298. The Morgan fingerprint density at radius 2 is 1.57 bits per heavy atom. The van der Waals surface area contributed by atoms with E-state index in [1.807, 2.05) is 0 Å². The van der Waals surface area contributed by atoms with Gasteiger partial charge in [-0.2, -0.15) is 0 Å². The van der Waals surface area contributed by atoms with Crippen LogP contribution in [0, 0.1) is 0 Å². The van der Waals surface area contributed by atoms with Crippen LogP contribution < -0.4 is 0 Å². The monoisotopic (exact) mass is 313 g/mol. The largest absolute Gasteiger partial charge is 0.354 e. The number of H-pyrrole nitrogens is 1. The topological polar surface area (TPSA) is 15.8 Å². The maximum Gasteiger partial charge on any atom is 0.0471 e. The molecule has 0 bridgehead atoms. The molecule has 1 nitrogen and oxygen atoms in total. The van der Waals surface area contributed by atoms with Crippen LogP contribution >= 0.6 is 11.8 Å². The minimum absolute atomic E-state index is 1.22. The Morgan fingerprint density at radius 1 is 0.696 bits per heavy atom. The molecular weight excluding hydrogens is 298 g/mol. The molecule has 0 amide bonds. The fourth-order valence-corrected chi connectivity index (χ4v) is 4.29. The van der Waals surface area contributed by atoms with Gasteiger partial charge in [0.1, 0.15) is 0 Å². The molecule has 0 saturated carbocycles. The van der Waals surface area contributed by atoms with Crippen molar-refractivity contribution in [1.29, 1.82) is 0 Å². The molecule has 0 fully saturated rings. The van der Waals surface area contributed by atoms with Gasteiger partial charge in [0.05, 0.1) is 0 Å². The predicted octanol–water partition coefficient (Wildman–Crippen LogP) is 6.30. The van der Waals surface area contributed by atoms with E-state index in [1.165, 1.54) is 48.6 Å². The number of aromatic nitrogens is 1. The third kappa shape index (κ3) is 1.76. The van der Waals surface area contributed by atoms with Crippen LogP contribution in [0.4, 0.5) is 0 Å². The maximum atomic E-state index is 3.56. The summed E-state index contributed by atoms with van der Waals surface area (Å²) < 4.78 is 0. The van der Waals surface area contributed by atoms with Crippen LogP contribution in [-0.2, 0) is 0 Å². The molecule has 1 aromatic heterocycles. The van der Waals surface area contributed by atoms with Crippen LogP contribution in [0.2, 0.25) is 0 Å². The van der Waals surface area contributed by atoms with Crippen molar-refractivity contribution >= 4 is 44.3 Å². The molecule has 0 radical (unpaired) electrons. The average molecular weight is 313 g/mol.